The van der Waals surface area contributed by atoms with Gasteiger partial charge in [-0.15, -0.1) is 0 Å². The van der Waals surface area contributed by atoms with Crippen LogP contribution in [0.2, 0.25) is 0 Å². The average molecular weight is 289 g/mol. The molecule has 21 heavy (non-hydrogen) atoms. The van der Waals surface area contributed by atoms with E-state index in [1.165, 1.54) is 25.7 Å². The second kappa shape index (κ2) is 7.46. The molecule has 1 fully saturated rings. The van der Waals surface area contributed by atoms with Crippen molar-refractivity contribution < 1.29 is 4.79 Å². The molecular weight excluding hydrogens is 262 g/mol. The molecule has 0 radical (unpaired) electrons. The van der Waals surface area contributed by atoms with Crippen molar-refractivity contribution in [1.29, 1.82) is 0 Å². The summed E-state index contributed by atoms with van der Waals surface area (Å²) < 4.78 is 0. The first-order valence-electron chi connectivity index (χ1n) is 8.00. The summed E-state index contributed by atoms with van der Waals surface area (Å²) in [4.78, 5) is 14.6. The number of anilines is 2. The van der Waals surface area contributed by atoms with Crippen LogP contribution >= 0.6 is 0 Å². The molecule has 4 nitrogen and oxygen atoms in total. The van der Waals surface area contributed by atoms with E-state index in [9.17, 15) is 4.79 Å². The van der Waals surface area contributed by atoms with Crippen LogP contribution in [-0.4, -0.2) is 29.9 Å². The van der Waals surface area contributed by atoms with Gasteiger partial charge < -0.3 is 16.0 Å². The van der Waals surface area contributed by atoms with E-state index >= 15 is 0 Å². The van der Waals surface area contributed by atoms with E-state index in [4.69, 9.17) is 5.73 Å². The fourth-order valence-electron chi connectivity index (χ4n) is 3.12. The first-order valence-corrected chi connectivity index (χ1v) is 8.00. The molecule has 0 heterocycles. The summed E-state index contributed by atoms with van der Waals surface area (Å²) in [5, 5.41) is 2.98. The smallest absolute Gasteiger partial charge is 0.225 e. The Kier molecular flexibility index (Phi) is 5.62. The highest BCUT2D eigenvalue weighted by atomic mass is 16.1. The quantitative estimate of drug-likeness (QED) is 0.791. The summed E-state index contributed by atoms with van der Waals surface area (Å²) >= 11 is 0. The maximum atomic E-state index is 12.1. The molecule has 1 aliphatic carbocycles. The topological polar surface area (TPSA) is 58.4 Å². The Hall–Kier alpha value is -1.55. The molecule has 0 bridgehead atoms. The van der Waals surface area contributed by atoms with E-state index in [1.54, 1.807) is 0 Å². The average Bonchev–Trinajstić information content (AvgIpc) is 2.99. The first-order chi connectivity index (χ1) is 10.1. The molecule has 4 heteroatoms. The van der Waals surface area contributed by atoms with Crippen molar-refractivity contribution in [3.8, 4) is 0 Å². The summed E-state index contributed by atoms with van der Waals surface area (Å²) in [7, 11) is 0. The molecule has 0 aromatic heterocycles. The number of carbonyl (C=O) groups is 1. The second-order valence-corrected chi connectivity index (χ2v) is 5.88. The van der Waals surface area contributed by atoms with Gasteiger partial charge in [-0.2, -0.15) is 0 Å². The molecule has 0 unspecified atom stereocenters. The Morgan fingerprint density at radius 2 is 2.10 bits per heavy atom. The van der Waals surface area contributed by atoms with Gasteiger partial charge in [-0.1, -0.05) is 25.8 Å². The fraction of sp³-hybridized carbons (Fsp3) is 0.588. The highest BCUT2D eigenvalue weighted by Crippen LogP contribution is 2.24. The second-order valence-electron chi connectivity index (χ2n) is 5.88. The Labute approximate surface area is 127 Å². The van der Waals surface area contributed by atoms with Crippen LogP contribution in [0.4, 0.5) is 11.4 Å². The highest BCUT2D eigenvalue weighted by Gasteiger charge is 2.21. The van der Waals surface area contributed by atoms with Crippen LogP contribution in [0, 0.1) is 6.92 Å². The van der Waals surface area contributed by atoms with Gasteiger partial charge in [0.2, 0.25) is 5.91 Å². The lowest BCUT2D eigenvalue weighted by Gasteiger charge is -2.27. The number of nitrogen functional groups attached to an aromatic ring is 1. The van der Waals surface area contributed by atoms with Gasteiger partial charge in [0.1, 0.15) is 0 Å². The van der Waals surface area contributed by atoms with E-state index in [0.29, 0.717) is 18.2 Å². The van der Waals surface area contributed by atoms with Crippen LogP contribution in [0.25, 0.3) is 0 Å². The third kappa shape index (κ3) is 4.21. The van der Waals surface area contributed by atoms with E-state index in [0.717, 1.165) is 24.3 Å². The summed E-state index contributed by atoms with van der Waals surface area (Å²) in [6.07, 6.45) is 5.76. The lowest BCUT2D eigenvalue weighted by atomic mass is 10.1. The van der Waals surface area contributed by atoms with Crippen LogP contribution < -0.4 is 11.1 Å². The molecule has 2 rings (SSSR count). The van der Waals surface area contributed by atoms with Gasteiger partial charge in [0, 0.05) is 30.4 Å². The summed E-state index contributed by atoms with van der Waals surface area (Å²) in [5.74, 6) is 0.0696. The highest BCUT2D eigenvalue weighted by molar-refractivity contribution is 5.92. The molecule has 0 aliphatic heterocycles. The third-order valence-corrected chi connectivity index (χ3v) is 4.52. The molecule has 1 aromatic carbocycles. The van der Waals surface area contributed by atoms with Crippen LogP contribution in [0.1, 0.15) is 44.6 Å². The van der Waals surface area contributed by atoms with E-state index in [2.05, 4.69) is 17.1 Å². The van der Waals surface area contributed by atoms with E-state index in [1.807, 2.05) is 25.1 Å². The van der Waals surface area contributed by atoms with Gasteiger partial charge in [0.15, 0.2) is 0 Å². The molecule has 1 amide bonds. The SMILES string of the molecule is CCN(CCC(=O)Nc1cccc(N)c1C)C1CCCC1. The normalized spacial score (nSPS) is 15.6. The number of rotatable bonds is 6. The fourth-order valence-corrected chi connectivity index (χ4v) is 3.12. The number of amides is 1. The first kappa shape index (κ1) is 15.8. The molecule has 0 saturated heterocycles. The number of hydrogen-bond acceptors (Lipinski definition) is 3. The van der Waals surface area contributed by atoms with Crippen LogP contribution in [0.5, 0.6) is 0 Å². The van der Waals surface area contributed by atoms with Crippen LogP contribution in [-0.2, 0) is 4.79 Å². The summed E-state index contributed by atoms with van der Waals surface area (Å²) in [5.41, 5.74) is 8.34. The lowest BCUT2D eigenvalue weighted by Crippen LogP contribution is -2.35. The van der Waals surface area contributed by atoms with Crippen molar-refractivity contribution in [1.82, 2.24) is 4.90 Å². The summed E-state index contributed by atoms with van der Waals surface area (Å²) in [6.45, 7) is 5.98. The van der Waals surface area contributed by atoms with Gasteiger partial charge >= 0.3 is 0 Å². The number of hydrogen-bond donors (Lipinski definition) is 2. The largest absolute Gasteiger partial charge is 0.398 e. The predicted octanol–water partition coefficient (Wildman–Crippen LogP) is 3.17. The summed E-state index contributed by atoms with van der Waals surface area (Å²) in [6, 6.07) is 6.30. The Balaban J connectivity index is 1.85. The van der Waals surface area contributed by atoms with Crippen molar-refractivity contribution in [3.63, 3.8) is 0 Å². The zero-order valence-corrected chi connectivity index (χ0v) is 13.2. The molecule has 0 spiro atoms. The number of nitrogens with two attached hydrogens (primary N) is 1. The Bertz CT molecular complexity index is 481. The lowest BCUT2D eigenvalue weighted by molar-refractivity contribution is -0.116. The van der Waals surface area contributed by atoms with Crippen molar-refractivity contribution in [2.24, 2.45) is 0 Å². The van der Waals surface area contributed by atoms with Crippen molar-refractivity contribution in [3.05, 3.63) is 23.8 Å². The van der Waals surface area contributed by atoms with Crippen LogP contribution in [0.15, 0.2) is 18.2 Å². The van der Waals surface area contributed by atoms with Crippen molar-refractivity contribution >= 4 is 17.3 Å². The van der Waals surface area contributed by atoms with Gasteiger partial charge in [-0.05, 0) is 44.0 Å². The molecule has 116 valence electrons. The molecule has 1 aliphatic rings. The molecule has 1 aromatic rings. The van der Waals surface area contributed by atoms with Gasteiger partial charge in [0.05, 0.1) is 0 Å². The minimum atomic E-state index is 0.0696. The monoisotopic (exact) mass is 289 g/mol. The number of nitrogens with zero attached hydrogens (tertiary/aromatic N) is 1. The van der Waals surface area contributed by atoms with Crippen molar-refractivity contribution in [2.45, 2.75) is 52.0 Å². The van der Waals surface area contributed by atoms with Crippen LogP contribution in [0.3, 0.4) is 0 Å². The molecule has 3 N–H and O–H groups in total. The zero-order valence-electron chi connectivity index (χ0n) is 13.2. The van der Waals surface area contributed by atoms with E-state index < -0.39 is 0 Å². The molecule has 1 saturated carbocycles. The predicted molar refractivity (Wildman–Crippen MR) is 88.3 cm³/mol. The number of carbonyl (C=O) groups excluding carboxylic acids is 1. The minimum absolute atomic E-state index is 0.0696. The van der Waals surface area contributed by atoms with Gasteiger partial charge in [-0.25, -0.2) is 0 Å². The molecule has 0 atom stereocenters. The maximum absolute atomic E-state index is 12.1. The Morgan fingerprint density at radius 3 is 2.76 bits per heavy atom. The molecular formula is C17H27N3O. The van der Waals surface area contributed by atoms with E-state index in [-0.39, 0.29) is 5.91 Å². The van der Waals surface area contributed by atoms with Crippen molar-refractivity contribution in [2.75, 3.05) is 24.1 Å². The minimum Gasteiger partial charge on any atom is -0.398 e. The maximum Gasteiger partial charge on any atom is 0.225 e. The zero-order chi connectivity index (χ0) is 15.2. The number of benzene rings is 1. The standard InChI is InChI=1S/C17H27N3O/c1-3-20(14-7-4-5-8-14)12-11-17(21)19-16-10-6-9-15(18)13(16)2/h6,9-10,14H,3-5,7-8,11-12,18H2,1-2H3,(H,19,21). The Morgan fingerprint density at radius 1 is 1.38 bits per heavy atom. The third-order valence-electron chi connectivity index (χ3n) is 4.52. The van der Waals surface area contributed by atoms with Gasteiger partial charge in [-0.3, -0.25) is 4.79 Å². The number of nitrogens with one attached hydrogen (secondary N) is 1. The van der Waals surface area contributed by atoms with Gasteiger partial charge in [0.25, 0.3) is 0 Å².